The summed E-state index contributed by atoms with van der Waals surface area (Å²) in [5.41, 5.74) is 4.38. The van der Waals surface area contributed by atoms with Crippen LogP contribution in [-0.4, -0.2) is 24.2 Å². The van der Waals surface area contributed by atoms with E-state index in [0.717, 1.165) is 25.2 Å². The molecule has 0 saturated carbocycles. The van der Waals surface area contributed by atoms with E-state index in [1.807, 2.05) is 6.07 Å². The molecule has 2 N–H and O–H groups in total. The first kappa shape index (κ1) is 19.2. The third-order valence-electron chi connectivity index (χ3n) is 5.24. The van der Waals surface area contributed by atoms with Crippen LogP contribution in [0.15, 0.2) is 48.5 Å². The molecule has 0 fully saturated rings. The summed E-state index contributed by atoms with van der Waals surface area (Å²) in [6.07, 6.45) is 1.04. The molecule has 0 atom stereocenters. The number of rotatable bonds is 3. The van der Waals surface area contributed by atoms with Crippen molar-refractivity contribution in [3.63, 3.8) is 0 Å². The minimum absolute atomic E-state index is 0.0176. The zero-order chi connectivity index (χ0) is 20.7. The highest BCUT2D eigenvalue weighted by atomic mass is 35.5. The number of para-hydroxylation sites is 1. The fourth-order valence-corrected chi connectivity index (χ4v) is 4.33. The highest BCUT2D eigenvalue weighted by Crippen LogP contribution is 2.37. The van der Waals surface area contributed by atoms with Crippen LogP contribution in [0, 0.1) is 0 Å². The van der Waals surface area contributed by atoms with Gasteiger partial charge in [-0.1, -0.05) is 35.3 Å². The fourth-order valence-electron chi connectivity index (χ4n) is 3.73. The summed E-state index contributed by atoms with van der Waals surface area (Å²) >= 11 is 12.5. The number of fused-ring (bicyclic) bond motifs is 2. The molecule has 2 aromatic carbocycles. The van der Waals surface area contributed by atoms with E-state index in [1.54, 1.807) is 30.3 Å². The molecule has 0 saturated heterocycles. The maximum Gasteiger partial charge on any atom is 0.266 e. The molecule has 0 spiro atoms. The van der Waals surface area contributed by atoms with Crippen LogP contribution in [0.3, 0.4) is 0 Å². The van der Waals surface area contributed by atoms with Crippen LogP contribution in [0.4, 0.5) is 17.2 Å². The molecule has 3 aromatic rings. The third-order valence-corrected chi connectivity index (χ3v) is 5.85. The zero-order valence-electron chi connectivity index (χ0n) is 15.9. The van der Waals surface area contributed by atoms with Crippen molar-refractivity contribution < 1.29 is 9.53 Å². The molecule has 3 heterocycles. The van der Waals surface area contributed by atoms with Crippen molar-refractivity contribution in [2.75, 3.05) is 23.5 Å². The minimum Gasteiger partial charge on any atom is -0.455 e. The van der Waals surface area contributed by atoms with Gasteiger partial charge in [-0.25, -0.2) is 0 Å². The van der Waals surface area contributed by atoms with Crippen LogP contribution < -0.4 is 20.3 Å². The van der Waals surface area contributed by atoms with Gasteiger partial charge in [0.1, 0.15) is 11.4 Å². The lowest BCUT2D eigenvalue weighted by atomic mass is 10.0. The summed E-state index contributed by atoms with van der Waals surface area (Å²) in [5.74, 6) is 0.628. The molecule has 6 nitrogen and oxygen atoms in total. The summed E-state index contributed by atoms with van der Waals surface area (Å²) in [5, 5.41) is 7.44. The lowest BCUT2D eigenvalue weighted by Gasteiger charge is -2.29. The van der Waals surface area contributed by atoms with Gasteiger partial charge in [-0.2, -0.15) is 4.98 Å². The summed E-state index contributed by atoms with van der Waals surface area (Å²) in [7, 11) is 0. The Hall–Kier alpha value is -2.80. The van der Waals surface area contributed by atoms with Gasteiger partial charge in [0.2, 0.25) is 5.88 Å². The number of amides is 1. The second-order valence-corrected chi connectivity index (χ2v) is 7.98. The van der Waals surface area contributed by atoms with Crippen LogP contribution in [0.2, 0.25) is 10.0 Å². The first-order chi connectivity index (χ1) is 14.6. The molecule has 1 aromatic heterocycles. The first-order valence-electron chi connectivity index (χ1n) is 9.59. The molecule has 0 unspecified atom stereocenters. The van der Waals surface area contributed by atoms with Crippen molar-refractivity contribution >= 4 is 46.3 Å². The van der Waals surface area contributed by atoms with Gasteiger partial charge >= 0.3 is 0 Å². The number of hydrogen-bond acceptors (Lipinski definition) is 5. The maximum atomic E-state index is 13.0. The van der Waals surface area contributed by atoms with Crippen molar-refractivity contribution in [3.8, 4) is 5.88 Å². The average Bonchev–Trinajstić information content (AvgIpc) is 2.75. The molecule has 1 amide bonds. The quantitative estimate of drug-likeness (QED) is 0.613. The summed E-state index contributed by atoms with van der Waals surface area (Å²) in [6.45, 7) is 1.85. The molecule has 0 bridgehead atoms. The molecule has 8 heteroatoms. The van der Waals surface area contributed by atoms with Gasteiger partial charge in [0.15, 0.2) is 6.73 Å². The predicted octanol–water partition coefficient (Wildman–Crippen LogP) is 4.77. The van der Waals surface area contributed by atoms with Gasteiger partial charge in [-0.15, -0.1) is 0 Å². The monoisotopic (exact) mass is 440 g/mol. The van der Waals surface area contributed by atoms with Crippen LogP contribution in [0.1, 0.15) is 21.5 Å². The predicted molar refractivity (Wildman–Crippen MR) is 118 cm³/mol. The largest absolute Gasteiger partial charge is 0.455 e. The van der Waals surface area contributed by atoms with Crippen LogP contribution in [0.25, 0.3) is 0 Å². The lowest BCUT2D eigenvalue weighted by molar-refractivity contribution is 0.0933. The molecule has 2 aliphatic rings. The van der Waals surface area contributed by atoms with E-state index < -0.39 is 0 Å². The number of pyridine rings is 1. The fraction of sp³-hybridized carbons (Fsp3) is 0.182. The van der Waals surface area contributed by atoms with E-state index in [1.165, 1.54) is 16.0 Å². The number of nitrogens with zero attached hydrogens (tertiary/aromatic N) is 2. The van der Waals surface area contributed by atoms with Crippen molar-refractivity contribution in [1.29, 1.82) is 0 Å². The smallest absolute Gasteiger partial charge is 0.266 e. The number of hydrogen-bond donors (Lipinski definition) is 2. The van der Waals surface area contributed by atoms with E-state index in [-0.39, 0.29) is 18.5 Å². The van der Waals surface area contributed by atoms with Gasteiger partial charge in [-0.05, 0) is 60.5 Å². The van der Waals surface area contributed by atoms with Crippen LogP contribution in [-0.2, 0) is 13.0 Å². The molecular weight excluding hydrogens is 423 g/mol. The Bertz CT molecular complexity index is 1130. The van der Waals surface area contributed by atoms with E-state index in [9.17, 15) is 4.79 Å². The van der Waals surface area contributed by atoms with Crippen molar-refractivity contribution in [1.82, 2.24) is 10.3 Å². The van der Waals surface area contributed by atoms with Crippen molar-refractivity contribution in [2.45, 2.75) is 13.0 Å². The summed E-state index contributed by atoms with van der Waals surface area (Å²) in [4.78, 5) is 18.9. The SMILES string of the molecule is O=C1c2ccc(Nc3ccc4c(c3)CNCC4)nc2OCN1c1c(Cl)cccc1Cl. The second kappa shape index (κ2) is 7.80. The molecule has 5 rings (SSSR count). The zero-order valence-corrected chi connectivity index (χ0v) is 17.4. The highest BCUT2D eigenvalue weighted by molar-refractivity contribution is 6.40. The summed E-state index contributed by atoms with van der Waals surface area (Å²) in [6, 6.07) is 14.9. The van der Waals surface area contributed by atoms with Gasteiger partial charge in [0, 0.05) is 12.2 Å². The van der Waals surface area contributed by atoms with Crippen LogP contribution in [0.5, 0.6) is 5.88 Å². The Kier molecular flexibility index (Phi) is 4.98. The molecule has 0 aliphatic carbocycles. The standard InChI is InChI=1S/C22H18Cl2N4O2/c23-17-2-1-3-18(24)20(17)28-12-30-21-16(22(28)29)6-7-19(27-21)26-15-5-4-13-8-9-25-11-14(13)10-15/h1-7,10,25H,8-9,11-12H2,(H,26,27). The van der Waals surface area contributed by atoms with E-state index in [2.05, 4.69) is 27.8 Å². The Morgan fingerprint density at radius 1 is 1.07 bits per heavy atom. The normalized spacial score (nSPS) is 15.3. The number of carbonyl (C=O) groups is 1. The van der Waals surface area contributed by atoms with Crippen LogP contribution >= 0.6 is 23.2 Å². The number of benzene rings is 2. The Morgan fingerprint density at radius 2 is 1.90 bits per heavy atom. The Labute approximate surface area is 183 Å². The summed E-state index contributed by atoms with van der Waals surface area (Å²) < 4.78 is 5.77. The molecule has 30 heavy (non-hydrogen) atoms. The Morgan fingerprint density at radius 3 is 2.73 bits per heavy atom. The number of ether oxygens (including phenoxy) is 1. The van der Waals surface area contributed by atoms with Gasteiger partial charge < -0.3 is 15.4 Å². The van der Waals surface area contributed by atoms with Gasteiger partial charge in [-0.3, -0.25) is 9.69 Å². The van der Waals surface area contributed by atoms with Gasteiger partial charge in [0.25, 0.3) is 5.91 Å². The van der Waals surface area contributed by atoms with Gasteiger partial charge in [0.05, 0.1) is 15.7 Å². The Balaban J connectivity index is 1.40. The lowest BCUT2D eigenvalue weighted by Crippen LogP contribution is -2.39. The minimum atomic E-state index is -0.259. The van der Waals surface area contributed by atoms with E-state index in [4.69, 9.17) is 27.9 Å². The first-order valence-corrected chi connectivity index (χ1v) is 10.3. The molecule has 152 valence electrons. The third kappa shape index (κ3) is 3.47. The topological polar surface area (TPSA) is 66.5 Å². The second-order valence-electron chi connectivity index (χ2n) is 7.16. The molecule has 0 radical (unpaired) electrons. The number of nitrogens with one attached hydrogen (secondary N) is 2. The number of halogens is 2. The van der Waals surface area contributed by atoms with E-state index in [0.29, 0.717) is 27.1 Å². The van der Waals surface area contributed by atoms with Crippen molar-refractivity contribution in [3.05, 3.63) is 75.3 Å². The number of anilines is 3. The molecular formula is C22H18Cl2N4O2. The van der Waals surface area contributed by atoms with E-state index >= 15 is 0 Å². The average molecular weight is 441 g/mol. The number of carbonyl (C=O) groups excluding carboxylic acids is 1. The van der Waals surface area contributed by atoms with Crippen molar-refractivity contribution in [2.24, 2.45) is 0 Å². The molecule has 2 aliphatic heterocycles. The number of aromatic nitrogens is 1. The maximum absolute atomic E-state index is 13.0. The highest BCUT2D eigenvalue weighted by Gasteiger charge is 2.30.